The van der Waals surface area contributed by atoms with Gasteiger partial charge in [0.05, 0.1) is 18.2 Å². The Hall–Kier alpha value is -1.86. The zero-order valence-electron chi connectivity index (χ0n) is 16.3. The van der Waals surface area contributed by atoms with Gasteiger partial charge >= 0.3 is 0 Å². The number of aliphatic hydroxyl groups is 2. The molecule has 2 saturated carbocycles. The highest BCUT2D eigenvalue weighted by Crippen LogP contribution is 2.45. The summed E-state index contributed by atoms with van der Waals surface area (Å²) in [6.07, 6.45) is 3.54. The van der Waals surface area contributed by atoms with Crippen LogP contribution in [0, 0.1) is 11.8 Å². The zero-order valence-corrected chi connectivity index (χ0v) is 17.1. The van der Waals surface area contributed by atoms with Gasteiger partial charge in [-0.2, -0.15) is 0 Å². The third-order valence-corrected chi connectivity index (χ3v) is 7.52. The lowest BCUT2D eigenvalue weighted by molar-refractivity contribution is -0.0353. The number of primary sulfonamides is 1. The number of nitrogens with two attached hydrogens (primary N) is 1. The van der Waals surface area contributed by atoms with E-state index in [1.807, 2.05) is 0 Å². The number of sulfonamides is 1. The topological polar surface area (TPSA) is 165 Å². The van der Waals surface area contributed by atoms with Gasteiger partial charge in [0.1, 0.15) is 18.5 Å². The maximum atomic E-state index is 11.2. The fourth-order valence-electron chi connectivity index (χ4n) is 5.22. The summed E-state index contributed by atoms with van der Waals surface area (Å²) in [4.78, 5) is 13.1. The van der Waals surface area contributed by atoms with Crippen LogP contribution in [-0.4, -0.2) is 68.3 Å². The van der Waals surface area contributed by atoms with Crippen LogP contribution in [-0.2, 0) is 14.8 Å². The van der Waals surface area contributed by atoms with E-state index in [2.05, 4.69) is 20.3 Å². The van der Waals surface area contributed by atoms with Crippen molar-refractivity contribution in [2.24, 2.45) is 17.0 Å². The monoisotopic (exact) mass is 438 g/mol. The molecule has 5 N–H and O–H groups in total. The molecule has 11 nitrogen and oxygen atoms in total. The van der Waals surface area contributed by atoms with Crippen molar-refractivity contribution < 1.29 is 23.4 Å². The van der Waals surface area contributed by atoms with Crippen molar-refractivity contribution in [1.29, 1.82) is 0 Å². The van der Waals surface area contributed by atoms with Gasteiger partial charge in [0, 0.05) is 6.04 Å². The fraction of sp³-hybridized carbons (Fsp3) is 0.722. The number of aromatic nitrogens is 4. The molecule has 1 aliphatic heterocycles. The van der Waals surface area contributed by atoms with Crippen LogP contribution in [0.3, 0.4) is 0 Å². The first-order chi connectivity index (χ1) is 14.3. The number of ether oxygens (including phenoxy) is 1. The molecule has 3 heterocycles. The normalized spacial score (nSPS) is 36.0. The highest BCUT2D eigenvalue weighted by atomic mass is 32.2. The minimum absolute atomic E-state index is 0.0216. The molecule has 3 fully saturated rings. The van der Waals surface area contributed by atoms with Crippen molar-refractivity contribution in [3.05, 3.63) is 12.7 Å². The van der Waals surface area contributed by atoms with Crippen LogP contribution < -0.4 is 10.5 Å². The SMILES string of the molecule is NS(=O)(=O)CC[C@H]1O[C@@H](n2cnc3c(NC4CC5CCC4C5)ncnc32)[C@H](O)[C@@H]1O. The maximum Gasteiger partial charge on any atom is 0.209 e. The molecule has 12 heteroatoms. The first-order valence-electron chi connectivity index (χ1n) is 10.3. The molecule has 2 aromatic rings. The first kappa shape index (κ1) is 20.1. The van der Waals surface area contributed by atoms with E-state index in [-0.39, 0.29) is 12.2 Å². The Kier molecular flexibility index (Phi) is 4.93. The van der Waals surface area contributed by atoms with Crippen molar-refractivity contribution in [1.82, 2.24) is 19.5 Å². The smallest absolute Gasteiger partial charge is 0.209 e. The van der Waals surface area contributed by atoms with Crippen molar-refractivity contribution in [2.75, 3.05) is 11.1 Å². The summed E-state index contributed by atoms with van der Waals surface area (Å²) in [5.74, 6) is 1.76. The molecule has 2 bridgehead atoms. The van der Waals surface area contributed by atoms with E-state index in [1.54, 1.807) is 4.57 Å². The summed E-state index contributed by atoms with van der Waals surface area (Å²) < 4.78 is 29.8. The van der Waals surface area contributed by atoms with Gasteiger partial charge in [0.2, 0.25) is 10.0 Å². The Morgan fingerprint density at radius 3 is 2.73 bits per heavy atom. The fourth-order valence-corrected chi connectivity index (χ4v) is 5.78. The summed E-state index contributed by atoms with van der Waals surface area (Å²) in [6.45, 7) is 0. The number of hydrogen-bond donors (Lipinski definition) is 4. The van der Waals surface area contributed by atoms with Gasteiger partial charge in [-0.05, 0) is 37.5 Å². The van der Waals surface area contributed by atoms with E-state index in [9.17, 15) is 18.6 Å². The average molecular weight is 439 g/mol. The van der Waals surface area contributed by atoms with E-state index in [0.29, 0.717) is 28.9 Å². The summed E-state index contributed by atoms with van der Waals surface area (Å²) in [6, 6.07) is 0.379. The van der Waals surface area contributed by atoms with Gasteiger partial charge in [-0.3, -0.25) is 4.57 Å². The Morgan fingerprint density at radius 1 is 1.20 bits per heavy atom. The minimum Gasteiger partial charge on any atom is -0.388 e. The predicted molar refractivity (Wildman–Crippen MR) is 107 cm³/mol. The third kappa shape index (κ3) is 3.56. The number of anilines is 1. The van der Waals surface area contributed by atoms with Gasteiger partial charge in [-0.15, -0.1) is 0 Å². The van der Waals surface area contributed by atoms with Gasteiger partial charge < -0.3 is 20.3 Å². The van der Waals surface area contributed by atoms with E-state index < -0.39 is 34.6 Å². The number of imidazole rings is 1. The van der Waals surface area contributed by atoms with Gasteiger partial charge in [0.15, 0.2) is 23.2 Å². The third-order valence-electron chi connectivity index (χ3n) is 6.72. The van der Waals surface area contributed by atoms with Crippen molar-refractivity contribution in [3.8, 4) is 0 Å². The largest absolute Gasteiger partial charge is 0.388 e. The summed E-state index contributed by atoms with van der Waals surface area (Å²) in [5, 5.41) is 29.4. The summed E-state index contributed by atoms with van der Waals surface area (Å²) in [7, 11) is -3.70. The van der Waals surface area contributed by atoms with E-state index in [0.717, 1.165) is 12.3 Å². The summed E-state index contributed by atoms with van der Waals surface area (Å²) in [5.41, 5.74) is 1.04. The Labute approximate surface area is 173 Å². The molecular formula is C18H26N6O5S. The van der Waals surface area contributed by atoms with Crippen LogP contribution in [0.5, 0.6) is 0 Å². The lowest BCUT2D eigenvalue weighted by Crippen LogP contribution is -2.33. The number of nitrogens with zero attached hydrogens (tertiary/aromatic N) is 4. The standard InChI is InChI=1S/C18H26N6O5S/c19-30(27,28)4-3-12-14(25)15(26)18(29-12)24-8-22-13-16(20-7-21-17(13)24)23-11-6-9-1-2-10(11)5-9/h7-12,14-15,18,25-26H,1-6H2,(H2,19,27,28)(H,20,21,23)/t9?,10?,11?,12-,14-,15-,18-/m1/s1. The molecule has 0 aromatic carbocycles. The van der Waals surface area contributed by atoms with Crippen LogP contribution in [0.25, 0.3) is 11.2 Å². The van der Waals surface area contributed by atoms with E-state index >= 15 is 0 Å². The van der Waals surface area contributed by atoms with Crippen LogP contribution in [0.1, 0.15) is 38.3 Å². The molecule has 0 radical (unpaired) electrons. The van der Waals surface area contributed by atoms with Gasteiger partial charge in [0.25, 0.3) is 0 Å². The molecule has 2 aromatic heterocycles. The van der Waals surface area contributed by atoms with Crippen molar-refractivity contribution >= 4 is 27.0 Å². The molecule has 3 aliphatic rings. The molecular weight excluding hydrogens is 412 g/mol. The molecule has 7 atom stereocenters. The van der Waals surface area contributed by atoms with Crippen LogP contribution >= 0.6 is 0 Å². The quantitative estimate of drug-likeness (QED) is 0.474. The predicted octanol–water partition coefficient (Wildman–Crippen LogP) is -0.275. The van der Waals surface area contributed by atoms with Gasteiger partial charge in [-0.1, -0.05) is 6.42 Å². The van der Waals surface area contributed by atoms with E-state index in [4.69, 9.17) is 9.88 Å². The second-order valence-electron chi connectivity index (χ2n) is 8.67. The molecule has 5 rings (SSSR count). The number of nitrogens with one attached hydrogen (secondary N) is 1. The number of aliphatic hydroxyl groups excluding tert-OH is 2. The Morgan fingerprint density at radius 2 is 2.03 bits per heavy atom. The van der Waals surface area contributed by atoms with Crippen molar-refractivity contribution in [2.45, 2.75) is 62.7 Å². The molecule has 2 aliphatic carbocycles. The van der Waals surface area contributed by atoms with Crippen LogP contribution in [0.4, 0.5) is 5.82 Å². The number of fused-ring (bicyclic) bond motifs is 3. The first-order valence-corrected chi connectivity index (χ1v) is 12.0. The van der Waals surface area contributed by atoms with E-state index in [1.165, 1.54) is 31.9 Å². The lowest BCUT2D eigenvalue weighted by atomic mass is 9.95. The minimum atomic E-state index is -3.70. The second kappa shape index (κ2) is 7.38. The average Bonchev–Trinajstić information content (AvgIpc) is 3.46. The van der Waals surface area contributed by atoms with Crippen LogP contribution in [0.15, 0.2) is 12.7 Å². The molecule has 30 heavy (non-hydrogen) atoms. The molecule has 0 amide bonds. The highest BCUT2D eigenvalue weighted by molar-refractivity contribution is 7.89. The lowest BCUT2D eigenvalue weighted by Gasteiger charge is -2.23. The molecule has 1 saturated heterocycles. The molecule has 164 valence electrons. The van der Waals surface area contributed by atoms with Crippen molar-refractivity contribution in [3.63, 3.8) is 0 Å². The zero-order chi connectivity index (χ0) is 21.0. The number of hydrogen-bond acceptors (Lipinski definition) is 9. The summed E-state index contributed by atoms with van der Waals surface area (Å²) >= 11 is 0. The Bertz CT molecular complexity index is 1040. The number of rotatable bonds is 6. The highest BCUT2D eigenvalue weighted by Gasteiger charge is 2.44. The van der Waals surface area contributed by atoms with Gasteiger partial charge in [-0.25, -0.2) is 28.5 Å². The second-order valence-corrected chi connectivity index (χ2v) is 10.4. The Balaban J connectivity index is 1.37. The van der Waals surface area contributed by atoms with Crippen LogP contribution in [0.2, 0.25) is 0 Å². The molecule has 3 unspecified atom stereocenters. The maximum absolute atomic E-state index is 11.2. The molecule has 0 spiro atoms.